The highest BCUT2D eigenvalue weighted by atomic mass is 14.5. The minimum atomic E-state index is 0.502. The number of fused-ring (bicyclic) bond motifs is 2. The van der Waals surface area contributed by atoms with E-state index in [1.165, 1.54) is 38.5 Å². The van der Waals surface area contributed by atoms with Crippen LogP contribution in [0, 0.1) is 35.0 Å². The molecular weight excluding hydrogens is 300 g/mol. The summed E-state index contributed by atoms with van der Waals surface area (Å²) < 4.78 is 0. The molecule has 0 heteroatoms. The van der Waals surface area contributed by atoms with Crippen LogP contribution in [0.1, 0.15) is 86.5 Å². The molecule has 5 atom stereocenters. The van der Waals surface area contributed by atoms with E-state index in [4.69, 9.17) is 0 Å². The number of allylic oxidation sites excluding steroid dienone is 6. The zero-order valence-corrected chi connectivity index (χ0v) is 17.6. The Morgan fingerprint density at radius 1 is 1.04 bits per heavy atom. The molecule has 3 aliphatic rings. The van der Waals surface area contributed by atoms with Gasteiger partial charge in [-0.25, -0.2) is 0 Å². The molecule has 0 aromatic rings. The van der Waals surface area contributed by atoms with Crippen LogP contribution in [-0.2, 0) is 0 Å². The first-order valence-corrected chi connectivity index (χ1v) is 10.8. The highest BCUT2D eigenvalue weighted by Gasteiger charge is 2.44. The van der Waals surface area contributed by atoms with Gasteiger partial charge < -0.3 is 0 Å². The quantitative estimate of drug-likeness (QED) is 0.428. The van der Waals surface area contributed by atoms with Gasteiger partial charge in [-0.05, 0) is 87.9 Å². The molecule has 0 unspecified atom stereocenters. The summed E-state index contributed by atoms with van der Waals surface area (Å²) >= 11 is 0. The maximum atomic E-state index is 2.65. The third-order valence-electron chi connectivity index (χ3n) is 8.00. The molecule has 140 valence electrons. The molecule has 0 N–H and O–H groups in total. The van der Waals surface area contributed by atoms with Crippen LogP contribution in [0.4, 0.5) is 0 Å². The molecule has 2 fully saturated rings. The van der Waals surface area contributed by atoms with Crippen molar-refractivity contribution in [2.45, 2.75) is 86.5 Å². The summed E-state index contributed by atoms with van der Waals surface area (Å²) in [5.74, 6) is 4.09. The minimum Gasteiger partial charge on any atom is -0.0847 e. The van der Waals surface area contributed by atoms with E-state index in [0.29, 0.717) is 5.41 Å². The lowest BCUT2D eigenvalue weighted by Gasteiger charge is -2.35. The molecule has 0 radical (unpaired) electrons. The van der Waals surface area contributed by atoms with Gasteiger partial charge in [0.05, 0.1) is 0 Å². The largest absolute Gasteiger partial charge is 0.0847 e. The van der Waals surface area contributed by atoms with Gasteiger partial charge in [0, 0.05) is 5.92 Å². The van der Waals surface area contributed by atoms with Gasteiger partial charge in [-0.3, -0.25) is 0 Å². The molecule has 0 nitrogen and oxygen atoms in total. The highest BCUT2D eigenvalue weighted by molar-refractivity contribution is 5.27. The monoisotopic (exact) mass is 340 g/mol. The topological polar surface area (TPSA) is 0 Å². The smallest absolute Gasteiger partial charge is 0.000714 e. The fourth-order valence-electron chi connectivity index (χ4n) is 6.06. The average molecular weight is 341 g/mol. The summed E-state index contributed by atoms with van der Waals surface area (Å²) in [7, 11) is 0. The van der Waals surface area contributed by atoms with Crippen LogP contribution in [0.25, 0.3) is 0 Å². The minimum absolute atomic E-state index is 0.502. The Labute approximate surface area is 156 Å². The van der Waals surface area contributed by atoms with Crippen molar-refractivity contribution in [1.29, 1.82) is 0 Å². The second-order valence-corrected chi connectivity index (χ2v) is 10.1. The molecule has 0 aliphatic heterocycles. The fourth-order valence-corrected chi connectivity index (χ4v) is 6.06. The van der Waals surface area contributed by atoms with E-state index in [2.05, 4.69) is 59.8 Å². The molecule has 0 bridgehead atoms. The lowest BCUT2D eigenvalue weighted by molar-refractivity contribution is 0.170. The summed E-state index contributed by atoms with van der Waals surface area (Å²) in [5, 5.41) is 0. The summed E-state index contributed by atoms with van der Waals surface area (Å²) in [6.45, 7) is 14.7. The van der Waals surface area contributed by atoms with E-state index in [0.717, 1.165) is 36.0 Å². The predicted octanol–water partition coefficient (Wildman–Crippen LogP) is 7.72. The number of hydrogen-bond acceptors (Lipinski definition) is 0. The number of rotatable bonds is 1. The first-order valence-electron chi connectivity index (χ1n) is 10.8. The van der Waals surface area contributed by atoms with E-state index in [1.807, 2.05) is 0 Å². The molecule has 2 saturated carbocycles. The summed E-state index contributed by atoms with van der Waals surface area (Å²) in [6.07, 6.45) is 17.2. The van der Waals surface area contributed by atoms with Gasteiger partial charge in [-0.2, -0.15) is 0 Å². The van der Waals surface area contributed by atoms with E-state index in [9.17, 15) is 0 Å². The Balaban J connectivity index is 1.95. The van der Waals surface area contributed by atoms with Gasteiger partial charge in [0.1, 0.15) is 0 Å². The van der Waals surface area contributed by atoms with Crippen LogP contribution >= 0.6 is 0 Å². The molecule has 3 rings (SSSR count). The Kier molecular flexibility index (Phi) is 5.66. The lowest BCUT2D eigenvalue weighted by Crippen LogP contribution is -2.27. The number of hydrogen-bond donors (Lipinski definition) is 0. The summed E-state index contributed by atoms with van der Waals surface area (Å²) in [5.41, 5.74) is 5.48. The van der Waals surface area contributed by atoms with Gasteiger partial charge in [0.25, 0.3) is 0 Å². The highest BCUT2D eigenvalue weighted by Crippen LogP contribution is 2.54. The Morgan fingerprint density at radius 2 is 1.80 bits per heavy atom. The average Bonchev–Trinajstić information content (AvgIpc) is 3.09. The molecule has 0 aromatic carbocycles. The van der Waals surface area contributed by atoms with Gasteiger partial charge in [0.15, 0.2) is 0 Å². The van der Waals surface area contributed by atoms with Crippen molar-refractivity contribution in [3.05, 3.63) is 34.9 Å². The van der Waals surface area contributed by atoms with Crippen molar-refractivity contribution in [2.75, 3.05) is 0 Å². The van der Waals surface area contributed by atoms with Crippen LogP contribution in [0.2, 0.25) is 0 Å². The zero-order valence-electron chi connectivity index (χ0n) is 17.6. The predicted molar refractivity (Wildman–Crippen MR) is 110 cm³/mol. The van der Waals surface area contributed by atoms with E-state index in [1.54, 1.807) is 16.7 Å². The molecule has 0 aromatic heterocycles. The maximum absolute atomic E-state index is 2.65. The molecule has 25 heavy (non-hydrogen) atoms. The van der Waals surface area contributed by atoms with E-state index < -0.39 is 0 Å². The Bertz CT molecular complexity index is 573. The Hall–Kier alpha value is -0.780. The van der Waals surface area contributed by atoms with Crippen LogP contribution in [0.5, 0.6) is 0 Å². The van der Waals surface area contributed by atoms with Gasteiger partial charge in [-0.1, -0.05) is 62.6 Å². The normalized spacial score (nSPS) is 43.9. The second kappa shape index (κ2) is 7.45. The van der Waals surface area contributed by atoms with Crippen LogP contribution < -0.4 is 0 Å². The van der Waals surface area contributed by atoms with E-state index in [-0.39, 0.29) is 0 Å². The third kappa shape index (κ3) is 3.83. The van der Waals surface area contributed by atoms with E-state index >= 15 is 0 Å². The van der Waals surface area contributed by atoms with Gasteiger partial charge >= 0.3 is 0 Å². The van der Waals surface area contributed by atoms with Crippen molar-refractivity contribution >= 4 is 0 Å². The summed E-state index contributed by atoms with van der Waals surface area (Å²) in [6, 6.07) is 0. The van der Waals surface area contributed by atoms with Crippen LogP contribution in [0.3, 0.4) is 0 Å². The fraction of sp³-hybridized carbons (Fsp3) is 0.760. The van der Waals surface area contributed by atoms with Gasteiger partial charge in [0.2, 0.25) is 0 Å². The summed E-state index contributed by atoms with van der Waals surface area (Å²) in [4.78, 5) is 0. The third-order valence-corrected chi connectivity index (χ3v) is 8.00. The Morgan fingerprint density at radius 3 is 2.52 bits per heavy atom. The second-order valence-electron chi connectivity index (χ2n) is 10.1. The standard InChI is InChI=1S/C25H40/c1-17(2)21-14-16-25(6)15-13-18(3)7-10-22-19(4)8-11-23(22)20(5)9-12-24(21)25/h9-10,13,17,19,21,23-24H,7-8,11-12,14-16H2,1-6H3/b18-13+,20-9-,22-10?/t19-,21-,23-,24+,25+/m0/s1. The first kappa shape index (κ1) is 19.0. The zero-order chi connectivity index (χ0) is 18.2. The molecule has 0 spiro atoms. The maximum Gasteiger partial charge on any atom is 0.000714 e. The van der Waals surface area contributed by atoms with Gasteiger partial charge in [-0.15, -0.1) is 0 Å². The molecule has 0 amide bonds. The first-order chi connectivity index (χ1) is 11.8. The van der Waals surface area contributed by atoms with Crippen LogP contribution in [0.15, 0.2) is 34.9 Å². The SMILES string of the molecule is C/C1=C/C[C@@H]2[C@H](C(C)C)CC[C@@]2(C)C/C=C(\C)CC=C2[C@H]1CC[C@@H]2C. The molecule has 0 saturated heterocycles. The van der Waals surface area contributed by atoms with Crippen molar-refractivity contribution in [3.63, 3.8) is 0 Å². The van der Waals surface area contributed by atoms with Crippen molar-refractivity contribution in [3.8, 4) is 0 Å². The molecule has 0 heterocycles. The van der Waals surface area contributed by atoms with Crippen LogP contribution in [-0.4, -0.2) is 0 Å². The van der Waals surface area contributed by atoms with Crippen molar-refractivity contribution in [1.82, 2.24) is 0 Å². The van der Waals surface area contributed by atoms with Crippen molar-refractivity contribution in [2.24, 2.45) is 35.0 Å². The molecular formula is C25H40. The lowest BCUT2D eigenvalue weighted by atomic mass is 9.70. The molecule has 3 aliphatic carbocycles. The van der Waals surface area contributed by atoms with Crippen molar-refractivity contribution < 1.29 is 0 Å².